The van der Waals surface area contributed by atoms with Crippen LogP contribution in [0.2, 0.25) is 0 Å². The van der Waals surface area contributed by atoms with Crippen LogP contribution in [0.5, 0.6) is 0 Å². The third kappa shape index (κ3) is 4.48. The maximum Gasteiger partial charge on any atom is 0.152 e. The quantitative estimate of drug-likeness (QED) is 0.644. The molecule has 4 nitrogen and oxygen atoms in total. The van der Waals surface area contributed by atoms with E-state index in [1.807, 2.05) is 54.6 Å². The second kappa shape index (κ2) is 8.73. The van der Waals surface area contributed by atoms with Gasteiger partial charge >= 0.3 is 0 Å². The molecular weight excluding hydrogens is 344 g/mol. The predicted molar refractivity (Wildman–Crippen MR) is 117 cm³/mol. The molecule has 1 aromatic heterocycles. The number of rotatable bonds is 5. The number of allylic oxidation sites excluding steroid dienone is 2. The number of pyridine rings is 1. The van der Waals surface area contributed by atoms with Crippen LogP contribution in [0.1, 0.15) is 5.56 Å². The van der Waals surface area contributed by atoms with Gasteiger partial charge in [-0.05, 0) is 40.5 Å². The molecule has 0 saturated carbocycles. The summed E-state index contributed by atoms with van der Waals surface area (Å²) in [6.45, 7) is 0.755. The Bertz CT molecular complexity index is 1050. The third-order valence-corrected chi connectivity index (χ3v) is 4.34. The second-order valence-electron chi connectivity index (χ2n) is 6.26. The number of aliphatic imine (C=N–C) groups is 2. The van der Waals surface area contributed by atoms with Crippen LogP contribution < -0.4 is 5.32 Å². The van der Waals surface area contributed by atoms with E-state index in [2.05, 4.69) is 50.6 Å². The van der Waals surface area contributed by atoms with Gasteiger partial charge in [-0.3, -0.25) is 0 Å². The fraction of sp³-hybridized carbons (Fsp3) is 0.0417. The number of dihydropyridines is 1. The molecule has 4 rings (SSSR count). The SMILES string of the molecule is C(C=Nc1cc(-c2ccccc2)ccn1)=NC1=CC(c2ccccc2)=CCN1. The summed E-state index contributed by atoms with van der Waals surface area (Å²) in [4.78, 5) is 13.2. The minimum atomic E-state index is 0.656. The molecule has 1 N–H and O–H groups in total. The molecule has 2 aromatic carbocycles. The van der Waals surface area contributed by atoms with Gasteiger partial charge < -0.3 is 5.32 Å². The molecule has 0 radical (unpaired) electrons. The van der Waals surface area contributed by atoms with Gasteiger partial charge in [-0.2, -0.15) is 0 Å². The van der Waals surface area contributed by atoms with Gasteiger partial charge in [0, 0.05) is 25.2 Å². The van der Waals surface area contributed by atoms with Crippen LogP contribution >= 0.6 is 0 Å². The Hall–Kier alpha value is -3.79. The molecule has 1 aliphatic heterocycles. The minimum Gasteiger partial charge on any atom is -0.367 e. The first-order chi connectivity index (χ1) is 13.9. The van der Waals surface area contributed by atoms with Gasteiger partial charge in [0.05, 0.1) is 0 Å². The van der Waals surface area contributed by atoms with Crippen molar-refractivity contribution in [3.05, 3.63) is 103 Å². The second-order valence-corrected chi connectivity index (χ2v) is 6.26. The summed E-state index contributed by atoms with van der Waals surface area (Å²) in [6.07, 6.45) is 9.32. The van der Waals surface area contributed by atoms with Crippen molar-refractivity contribution in [2.45, 2.75) is 0 Å². The lowest BCUT2D eigenvalue weighted by molar-refractivity contribution is 0.880. The first kappa shape index (κ1) is 17.6. The van der Waals surface area contributed by atoms with E-state index in [0.717, 1.165) is 23.5 Å². The van der Waals surface area contributed by atoms with Crippen LogP contribution in [0.25, 0.3) is 16.7 Å². The highest BCUT2D eigenvalue weighted by Crippen LogP contribution is 2.22. The lowest BCUT2D eigenvalue weighted by Gasteiger charge is -2.12. The highest BCUT2D eigenvalue weighted by molar-refractivity contribution is 6.17. The van der Waals surface area contributed by atoms with Crippen molar-refractivity contribution >= 4 is 23.8 Å². The Morgan fingerprint density at radius 3 is 2.29 bits per heavy atom. The molecule has 4 heteroatoms. The smallest absolute Gasteiger partial charge is 0.152 e. The summed E-state index contributed by atoms with van der Waals surface area (Å²) in [6, 6.07) is 24.4. The lowest BCUT2D eigenvalue weighted by atomic mass is 10.0. The third-order valence-electron chi connectivity index (χ3n) is 4.34. The zero-order valence-electron chi connectivity index (χ0n) is 15.4. The Labute approximate surface area is 164 Å². The Balaban J connectivity index is 1.44. The standard InChI is InChI=1S/C24H20N4/c1-3-7-19(8-4-1)21-11-13-25-23(17-21)27-15-16-28-24-18-22(12-14-26-24)20-9-5-2-6-10-20/h1-13,15-18,26H,14H2. The summed E-state index contributed by atoms with van der Waals surface area (Å²) in [5.74, 6) is 1.47. The minimum absolute atomic E-state index is 0.656. The highest BCUT2D eigenvalue weighted by Gasteiger charge is 2.04. The molecule has 136 valence electrons. The number of hydrogen-bond donors (Lipinski definition) is 1. The Morgan fingerprint density at radius 2 is 1.50 bits per heavy atom. The van der Waals surface area contributed by atoms with Crippen molar-refractivity contribution in [1.29, 1.82) is 0 Å². The van der Waals surface area contributed by atoms with Crippen molar-refractivity contribution in [3.8, 4) is 11.1 Å². The van der Waals surface area contributed by atoms with E-state index in [4.69, 9.17) is 0 Å². The van der Waals surface area contributed by atoms with Crippen LogP contribution in [-0.2, 0) is 0 Å². The van der Waals surface area contributed by atoms with E-state index in [1.54, 1.807) is 18.6 Å². The predicted octanol–water partition coefficient (Wildman–Crippen LogP) is 5.05. The fourth-order valence-corrected chi connectivity index (χ4v) is 2.96. The van der Waals surface area contributed by atoms with Crippen molar-refractivity contribution in [2.75, 3.05) is 6.54 Å². The molecule has 2 heterocycles. The van der Waals surface area contributed by atoms with Crippen LogP contribution in [0.3, 0.4) is 0 Å². The van der Waals surface area contributed by atoms with Crippen molar-refractivity contribution in [2.24, 2.45) is 9.98 Å². The summed E-state index contributed by atoms with van der Waals surface area (Å²) in [7, 11) is 0. The maximum atomic E-state index is 4.46. The molecule has 0 aliphatic carbocycles. The van der Waals surface area contributed by atoms with E-state index in [9.17, 15) is 0 Å². The summed E-state index contributed by atoms with van der Waals surface area (Å²) in [5.41, 5.74) is 4.59. The fourth-order valence-electron chi connectivity index (χ4n) is 2.96. The zero-order chi connectivity index (χ0) is 19.0. The van der Waals surface area contributed by atoms with Crippen LogP contribution in [0, 0.1) is 0 Å². The van der Waals surface area contributed by atoms with Crippen LogP contribution in [0.4, 0.5) is 5.82 Å². The topological polar surface area (TPSA) is 49.6 Å². The number of aromatic nitrogens is 1. The molecule has 3 aromatic rings. The van der Waals surface area contributed by atoms with Crippen molar-refractivity contribution in [1.82, 2.24) is 10.3 Å². The van der Waals surface area contributed by atoms with E-state index < -0.39 is 0 Å². The summed E-state index contributed by atoms with van der Waals surface area (Å²) < 4.78 is 0. The van der Waals surface area contributed by atoms with Gasteiger partial charge in [0.25, 0.3) is 0 Å². The van der Waals surface area contributed by atoms with Gasteiger partial charge in [0.15, 0.2) is 5.82 Å². The van der Waals surface area contributed by atoms with Gasteiger partial charge in [0.1, 0.15) is 5.82 Å². The molecule has 0 saturated heterocycles. The zero-order valence-corrected chi connectivity index (χ0v) is 15.4. The Kier molecular flexibility index (Phi) is 5.49. The average Bonchev–Trinajstić information content (AvgIpc) is 2.78. The number of benzene rings is 2. The molecule has 0 fully saturated rings. The first-order valence-electron chi connectivity index (χ1n) is 9.18. The average molecular weight is 364 g/mol. The largest absolute Gasteiger partial charge is 0.367 e. The maximum absolute atomic E-state index is 4.46. The van der Waals surface area contributed by atoms with Crippen molar-refractivity contribution < 1.29 is 0 Å². The van der Waals surface area contributed by atoms with E-state index in [0.29, 0.717) is 5.82 Å². The van der Waals surface area contributed by atoms with E-state index in [-0.39, 0.29) is 0 Å². The van der Waals surface area contributed by atoms with Gasteiger partial charge in [-0.15, -0.1) is 0 Å². The molecule has 28 heavy (non-hydrogen) atoms. The van der Waals surface area contributed by atoms with Gasteiger partial charge in [0.2, 0.25) is 0 Å². The van der Waals surface area contributed by atoms with Gasteiger partial charge in [-0.1, -0.05) is 66.7 Å². The number of nitrogens with zero attached hydrogens (tertiary/aromatic N) is 3. The Morgan fingerprint density at radius 1 is 0.786 bits per heavy atom. The molecule has 0 amide bonds. The van der Waals surface area contributed by atoms with Crippen molar-refractivity contribution in [3.63, 3.8) is 0 Å². The van der Waals surface area contributed by atoms with Crippen LogP contribution in [-0.4, -0.2) is 24.0 Å². The highest BCUT2D eigenvalue weighted by atomic mass is 15.0. The number of hydrogen-bond acceptors (Lipinski definition) is 4. The lowest BCUT2D eigenvalue weighted by Crippen LogP contribution is -2.15. The summed E-state index contributed by atoms with van der Waals surface area (Å²) in [5, 5.41) is 3.26. The monoisotopic (exact) mass is 364 g/mol. The van der Waals surface area contributed by atoms with E-state index in [1.165, 1.54) is 11.1 Å². The molecule has 0 atom stereocenters. The van der Waals surface area contributed by atoms with E-state index >= 15 is 0 Å². The van der Waals surface area contributed by atoms with Gasteiger partial charge in [-0.25, -0.2) is 15.0 Å². The number of nitrogens with one attached hydrogen (secondary N) is 1. The molecule has 0 unspecified atom stereocenters. The molecule has 1 aliphatic rings. The molecule has 0 spiro atoms. The molecular formula is C24H20N4. The first-order valence-corrected chi connectivity index (χ1v) is 9.18. The normalized spacial score (nSPS) is 14.0. The van der Waals surface area contributed by atoms with Crippen LogP contribution in [0.15, 0.2) is 107 Å². The molecule has 0 bridgehead atoms. The summed E-state index contributed by atoms with van der Waals surface area (Å²) >= 11 is 0.